The van der Waals surface area contributed by atoms with Crippen LogP contribution in [0.5, 0.6) is 0 Å². The number of nitrogens with one attached hydrogen (secondary N) is 2. The zero-order chi connectivity index (χ0) is 15.4. The van der Waals surface area contributed by atoms with E-state index in [-0.39, 0.29) is 24.4 Å². The predicted molar refractivity (Wildman–Crippen MR) is 96.8 cm³/mol. The number of halogens is 1. The summed E-state index contributed by atoms with van der Waals surface area (Å²) in [7, 11) is 0. The van der Waals surface area contributed by atoms with Gasteiger partial charge in [0.15, 0.2) is 0 Å². The van der Waals surface area contributed by atoms with Crippen molar-refractivity contribution >= 4 is 29.2 Å². The first kappa shape index (κ1) is 17.8. The molecule has 0 bridgehead atoms. The predicted octanol–water partition coefficient (Wildman–Crippen LogP) is 3.16. The molecule has 1 aromatic carbocycles. The molecule has 1 heterocycles. The van der Waals surface area contributed by atoms with E-state index >= 15 is 0 Å². The molecular weight excluding hydrogens is 310 g/mol. The molecule has 0 aliphatic heterocycles. The summed E-state index contributed by atoms with van der Waals surface area (Å²) in [5, 5.41) is 4.29. The molecular formula is C18H26ClN3O. The second kappa shape index (κ2) is 8.37. The summed E-state index contributed by atoms with van der Waals surface area (Å²) in [6.45, 7) is 0.683. The van der Waals surface area contributed by atoms with Crippen molar-refractivity contribution in [2.45, 2.75) is 44.6 Å². The summed E-state index contributed by atoms with van der Waals surface area (Å²) in [5.41, 5.74) is 8.52. The van der Waals surface area contributed by atoms with Crippen molar-refractivity contribution in [2.75, 3.05) is 6.54 Å². The molecule has 0 radical (unpaired) electrons. The lowest BCUT2D eigenvalue weighted by atomic mass is 9.83. The number of H-pyrrole nitrogens is 1. The van der Waals surface area contributed by atoms with Gasteiger partial charge in [0.25, 0.3) is 0 Å². The van der Waals surface area contributed by atoms with E-state index in [0.29, 0.717) is 18.9 Å². The highest BCUT2D eigenvalue weighted by atomic mass is 35.5. The van der Waals surface area contributed by atoms with Crippen LogP contribution in [0.3, 0.4) is 0 Å². The Labute approximate surface area is 143 Å². The second-order valence-corrected chi connectivity index (χ2v) is 6.37. The third kappa shape index (κ3) is 4.49. The Morgan fingerprint density at radius 3 is 2.87 bits per heavy atom. The van der Waals surface area contributed by atoms with Crippen molar-refractivity contribution in [3.8, 4) is 0 Å². The molecule has 5 heteroatoms. The molecule has 2 unspecified atom stereocenters. The average molecular weight is 336 g/mol. The fourth-order valence-electron chi connectivity index (χ4n) is 3.48. The summed E-state index contributed by atoms with van der Waals surface area (Å²) in [4.78, 5) is 15.3. The highest BCUT2D eigenvalue weighted by molar-refractivity contribution is 5.85. The van der Waals surface area contributed by atoms with E-state index in [1.807, 2.05) is 18.3 Å². The van der Waals surface area contributed by atoms with Crippen LogP contribution in [0.1, 0.15) is 37.7 Å². The SMILES string of the molecule is Cl.NC1CCCCC1CC(=O)NCCc1c[nH]c2ccccc12. The topological polar surface area (TPSA) is 70.9 Å². The fraction of sp³-hybridized carbons (Fsp3) is 0.500. The minimum atomic E-state index is 0. The molecule has 126 valence electrons. The highest BCUT2D eigenvalue weighted by Gasteiger charge is 2.23. The van der Waals surface area contributed by atoms with E-state index in [1.165, 1.54) is 23.8 Å². The second-order valence-electron chi connectivity index (χ2n) is 6.37. The van der Waals surface area contributed by atoms with E-state index < -0.39 is 0 Å². The Bertz CT molecular complexity index is 640. The molecule has 2 aromatic rings. The molecule has 1 aromatic heterocycles. The van der Waals surface area contributed by atoms with Crippen LogP contribution in [0.25, 0.3) is 10.9 Å². The minimum Gasteiger partial charge on any atom is -0.361 e. The number of carbonyl (C=O) groups excluding carboxylic acids is 1. The molecule has 4 nitrogen and oxygen atoms in total. The zero-order valence-corrected chi connectivity index (χ0v) is 14.2. The van der Waals surface area contributed by atoms with Gasteiger partial charge in [-0.15, -0.1) is 12.4 Å². The number of aromatic amines is 1. The molecule has 2 atom stereocenters. The largest absolute Gasteiger partial charge is 0.361 e. The van der Waals surface area contributed by atoms with E-state index in [1.54, 1.807) is 0 Å². The summed E-state index contributed by atoms with van der Waals surface area (Å²) < 4.78 is 0. The number of hydrogen-bond acceptors (Lipinski definition) is 2. The van der Waals surface area contributed by atoms with E-state index in [9.17, 15) is 4.79 Å². The Kier molecular flexibility index (Phi) is 6.48. The van der Waals surface area contributed by atoms with Crippen LogP contribution in [0.15, 0.2) is 30.5 Å². The molecule has 1 fully saturated rings. The Balaban J connectivity index is 0.00000192. The van der Waals surface area contributed by atoms with Gasteiger partial charge in [-0.3, -0.25) is 4.79 Å². The van der Waals surface area contributed by atoms with Crippen LogP contribution >= 0.6 is 12.4 Å². The van der Waals surface area contributed by atoms with Gasteiger partial charge in [0.1, 0.15) is 0 Å². The van der Waals surface area contributed by atoms with Gasteiger partial charge in [-0.2, -0.15) is 0 Å². The summed E-state index contributed by atoms with van der Waals surface area (Å²) in [6, 6.07) is 8.46. The molecule has 1 aliphatic rings. The van der Waals surface area contributed by atoms with Gasteiger partial charge in [-0.05, 0) is 36.8 Å². The van der Waals surface area contributed by atoms with Gasteiger partial charge in [-0.25, -0.2) is 0 Å². The average Bonchev–Trinajstić information content (AvgIpc) is 2.93. The van der Waals surface area contributed by atoms with Gasteiger partial charge in [-0.1, -0.05) is 31.0 Å². The van der Waals surface area contributed by atoms with Gasteiger partial charge in [0.2, 0.25) is 5.91 Å². The maximum Gasteiger partial charge on any atom is 0.220 e. The van der Waals surface area contributed by atoms with Crippen LogP contribution in [0.4, 0.5) is 0 Å². The van der Waals surface area contributed by atoms with E-state index in [4.69, 9.17) is 5.73 Å². The lowest BCUT2D eigenvalue weighted by molar-refractivity contribution is -0.122. The van der Waals surface area contributed by atoms with Crippen LogP contribution in [0.2, 0.25) is 0 Å². The van der Waals surface area contributed by atoms with Crippen molar-refractivity contribution in [2.24, 2.45) is 11.7 Å². The van der Waals surface area contributed by atoms with Crippen molar-refractivity contribution < 1.29 is 4.79 Å². The Hall–Kier alpha value is -1.52. The number of amides is 1. The number of carbonyl (C=O) groups is 1. The number of aromatic nitrogens is 1. The van der Waals surface area contributed by atoms with Gasteiger partial charge >= 0.3 is 0 Å². The van der Waals surface area contributed by atoms with Crippen molar-refractivity contribution in [3.63, 3.8) is 0 Å². The standard InChI is InChI=1S/C18H25N3O.ClH/c19-16-7-3-1-5-13(16)11-18(22)20-10-9-14-12-21-17-8-4-2-6-15(14)17;/h2,4,6,8,12-13,16,21H,1,3,5,7,9-11,19H2,(H,20,22);1H. The van der Waals surface area contributed by atoms with Crippen LogP contribution in [0, 0.1) is 5.92 Å². The Morgan fingerprint density at radius 1 is 1.26 bits per heavy atom. The number of hydrogen-bond donors (Lipinski definition) is 3. The summed E-state index contributed by atoms with van der Waals surface area (Å²) in [6.07, 6.45) is 8.04. The smallest absolute Gasteiger partial charge is 0.220 e. The molecule has 4 N–H and O–H groups in total. The molecule has 0 spiro atoms. The highest BCUT2D eigenvalue weighted by Crippen LogP contribution is 2.25. The molecule has 23 heavy (non-hydrogen) atoms. The minimum absolute atomic E-state index is 0. The first-order chi connectivity index (χ1) is 10.7. The van der Waals surface area contributed by atoms with E-state index in [0.717, 1.165) is 24.8 Å². The normalized spacial score (nSPS) is 20.9. The number of fused-ring (bicyclic) bond motifs is 1. The number of nitrogens with two attached hydrogens (primary N) is 1. The van der Waals surface area contributed by atoms with Gasteiger partial charge in [0, 0.05) is 36.1 Å². The quantitative estimate of drug-likeness (QED) is 0.785. The van der Waals surface area contributed by atoms with E-state index in [2.05, 4.69) is 22.4 Å². The molecule has 1 aliphatic carbocycles. The maximum atomic E-state index is 12.1. The number of benzene rings is 1. The van der Waals surface area contributed by atoms with Crippen LogP contribution < -0.4 is 11.1 Å². The van der Waals surface area contributed by atoms with Crippen molar-refractivity contribution in [1.29, 1.82) is 0 Å². The molecule has 3 rings (SSSR count). The monoisotopic (exact) mass is 335 g/mol. The maximum absolute atomic E-state index is 12.1. The van der Waals surface area contributed by atoms with Crippen LogP contribution in [-0.4, -0.2) is 23.5 Å². The Morgan fingerprint density at radius 2 is 2.04 bits per heavy atom. The van der Waals surface area contributed by atoms with Gasteiger partial charge in [0.05, 0.1) is 0 Å². The first-order valence-corrected chi connectivity index (χ1v) is 8.31. The van der Waals surface area contributed by atoms with Crippen molar-refractivity contribution in [3.05, 3.63) is 36.0 Å². The molecule has 1 saturated carbocycles. The first-order valence-electron chi connectivity index (χ1n) is 8.31. The molecule has 1 amide bonds. The molecule has 0 saturated heterocycles. The van der Waals surface area contributed by atoms with Crippen LogP contribution in [-0.2, 0) is 11.2 Å². The fourth-order valence-corrected chi connectivity index (χ4v) is 3.48. The lowest BCUT2D eigenvalue weighted by Crippen LogP contribution is -2.37. The number of para-hydroxylation sites is 1. The zero-order valence-electron chi connectivity index (χ0n) is 13.4. The number of rotatable bonds is 5. The summed E-state index contributed by atoms with van der Waals surface area (Å²) >= 11 is 0. The summed E-state index contributed by atoms with van der Waals surface area (Å²) in [5.74, 6) is 0.504. The lowest BCUT2D eigenvalue weighted by Gasteiger charge is -2.27. The third-order valence-corrected chi connectivity index (χ3v) is 4.81. The third-order valence-electron chi connectivity index (χ3n) is 4.81. The van der Waals surface area contributed by atoms with Gasteiger partial charge < -0.3 is 16.0 Å². The van der Waals surface area contributed by atoms with Crippen molar-refractivity contribution in [1.82, 2.24) is 10.3 Å².